The molecule has 0 amide bonds. The van der Waals surface area contributed by atoms with Crippen molar-refractivity contribution in [3.8, 4) is 0 Å². The Labute approximate surface area is 119 Å². The van der Waals surface area contributed by atoms with Gasteiger partial charge in [-0.2, -0.15) is 13.2 Å². The number of carbonyl (C=O) groups is 1. The summed E-state index contributed by atoms with van der Waals surface area (Å²) in [5, 5.41) is 8.58. The Morgan fingerprint density at radius 1 is 1.43 bits per heavy atom. The summed E-state index contributed by atoms with van der Waals surface area (Å²) in [6.07, 6.45) is -4.18. The second kappa shape index (κ2) is 6.15. The molecule has 2 rings (SSSR count). The van der Waals surface area contributed by atoms with Gasteiger partial charge in [-0.1, -0.05) is 18.2 Å². The molecule has 1 N–H and O–H groups in total. The number of hydrogen-bond donors (Lipinski definition) is 1. The van der Waals surface area contributed by atoms with Gasteiger partial charge in [-0.3, -0.25) is 9.79 Å². The largest absolute Gasteiger partial charge is 0.481 e. The lowest BCUT2D eigenvalue weighted by atomic mass is 10.1. The first-order chi connectivity index (χ1) is 9.84. The van der Waals surface area contributed by atoms with Gasteiger partial charge in [-0.05, 0) is 18.1 Å². The van der Waals surface area contributed by atoms with Gasteiger partial charge in [-0.15, -0.1) is 0 Å². The average molecular weight is 301 g/mol. The van der Waals surface area contributed by atoms with E-state index in [1.54, 1.807) is 6.07 Å². The van der Waals surface area contributed by atoms with Crippen LogP contribution in [0.25, 0.3) is 0 Å². The molecule has 4 nitrogen and oxygen atoms in total. The minimum atomic E-state index is -4.38. The minimum absolute atomic E-state index is 0.0168. The number of hydrogen-bond acceptors (Lipinski definition) is 3. The highest BCUT2D eigenvalue weighted by atomic mass is 19.4. The summed E-state index contributed by atoms with van der Waals surface area (Å²) in [6, 6.07) is 4.99. The molecule has 7 heteroatoms. The number of rotatable bonds is 5. The van der Waals surface area contributed by atoms with Crippen LogP contribution in [0.2, 0.25) is 0 Å². The Bertz CT molecular complexity index is 555. The van der Waals surface area contributed by atoms with Crippen LogP contribution in [0.1, 0.15) is 24.0 Å². The van der Waals surface area contributed by atoms with Crippen LogP contribution in [0, 0.1) is 0 Å². The molecule has 1 atom stereocenters. The number of benzene rings is 1. The highest BCUT2D eigenvalue weighted by Gasteiger charge is 2.30. The van der Waals surface area contributed by atoms with E-state index in [0.717, 1.165) is 12.1 Å². The molecular weight excluding hydrogens is 287 g/mol. The SMILES string of the molecule is O=C(O)CCC1CN=C(Cc2cccc(C(F)(F)F)c2)O1. The van der Waals surface area contributed by atoms with Crippen molar-refractivity contribution < 1.29 is 27.8 Å². The number of aliphatic carboxylic acids is 1. The van der Waals surface area contributed by atoms with Crippen molar-refractivity contribution in [2.75, 3.05) is 6.54 Å². The zero-order chi connectivity index (χ0) is 15.5. The van der Waals surface area contributed by atoms with Crippen LogP contribution in [0.4, 0.5) is 13.2 Å². The first kappa shape index (κ1) is 15.3. The van der Waals surface area contributed by atoms with Gasteiger partial charge in [0.05, 0.1) is 12.1 Å². The maximum Gasteiger partial charge on any atom is 0.416 e. The Morgan fingerprint density at radius 2 is 2.19 bits per heavy atom. The fourth-order valence-electron chi connectivity index (χ4n) is 2.04. The molecule has 1 aliphatic heterocycles. The summed E-state index contributed by atoms with van der Waals surface area (Å²) >= 11 is 0. The number of ether oxygens (including phenoxy) is 1. The summed E-state index contributed by atoms with van der Waals surface area (Å²) in [5.41, 5.74) is -0.247. The highest BCUT2D eigenvalue weighted by molar-refractivity contribution is 5.80. The standard InChI is InChI=1S/C14H14F3NO3/c15-14(16,17)10-3-1-2-9(6-10)7-12-18-8-11(21-12)4-5-13(19)20/h1-3,6,11H,4-5,7-8H2,(H,19,20). The first-order valence-electron chi connectivity index (χ1n) is 6.42. The predicted molar refractivity (Wildman–Crippen MR) is 69.2 cm³/mol. The molecule has 1 aliphatic rings. The fraction of sp³-hybridized carbons (Fsp3) is 0.429. The molecule has 21 heavy (non-hydrogen) atoms. The predicted octanol–water partition coefficient (Wildman–Crippen LogP) is 2.91. The Hall–Kier alpha value is -2.05. The van der Waals surface area contributed by atoms with Crippen LogP contribution >= 0.6 is 0 Å². The van der Waals surface area contributed by atoms with Crippen molar-refractivity contribution in [1.82, 2.24) is 0 Å². The van der Waals surface area contributed by atoms with Gasteiger partial charge in [0, 0.05) is 12.8 Å². The normalized spacial score (nSPS) is 18.2. The zero-order valence-corrected chi connectivity index (χ0v) is 11.1. The van der Waals surface area contributed by atoms with E-state index in [1.165, 1.54) is 6.07 Å². The van der Waals surface area contributed by atoms with E-state index in [1.807, 2.05) is 0 Å². The van der Waals surface area contributed by atoms with Crippen LogP contribution in [-0.4, -0.2) is 29.6 Å². The van der Waals surface area contributed by atoms with Gasteiger partial charge in [0.1, 0.15) is 6.10 Å². The maximum absolute atomic E-state index is 12.6. The molecule has 0 radical (unpaired) electrons. The molecule has 0 saturated heterocycles. The molecular formula is C14H14F3NO3. The van der Waals surface area contributed by atoms with E-state index < -0.39 is 17.7 Å². The lowest BCUT2D eigenvalue weighted by Gasteiger charge is -2.11. The quantitative estimate of drug-likeness (QED) is 0.909. The molecule has 0 bridgehead atoms. The van der Waals surface area contributed by atoms with E-state index in [-0.39, 0.29) is 18.9 Å². The number of aliphatic imine (C=N–C) groups is 1. The van der Waals surface area contributed by atoms with Gasteiger partial charge < -0.3 is 9.84 Å². The third kappa shape index (κ3) is 4.47. The third-order valence-electron chi connectivity index (χ3n) is 3.06. The lowest BCUT2D eigenvalue weighted by Crippen LogP contribution is -2.16. The molecule has 0 aliphatic carbocycles. The fourth-order valence-corrected chi connectivity index (χ4v) is 2.04. The summed E-state index contributed by atoms with van der Waals surface area (Å²) in [6.45, 7) is 0.349. The lowest BCUT2D eigenvalue weighted by molar-refractivity contribution is -0.138. The molecule has 1 aromatic rings. The van der Waals surface area contributed by atoms with Crippen LogP contribution in [-0.2, 0) is 22.1 Å². The van der Waals surface area contributed by atoms with Gasteiger partial charge in [0.15, 0.2) is 5.90 Å². The maximum atomic E-state index is 12.6. The minimum Gasteiger partial charge on any atom is -0.481 e. The smallest absolute Gasteiger partial charge is 0.416 e. The van der Waals surface area contributed by atoms with E-state index in [4.69, 9.17) is 9.84 Å². The van der Waals surface area contributed by atoms with Crippen LogP contribution in [0.3, 0.4) is 0 Å². The average Bonchev–Trinajstić information content (AvgIpc) is 2.83. The Balaban J connectivity index is 1.93. The topological polar surface area (TPSA) is 58.9 Å². The monoisotopic (exact) mass is 301 g/mol. The van der Waals surface area contributed by atoms with Crippen LogP contribution < -0.4 is 0 Å². The molecule has 1 unspecified atom stereocenters. The highest BCUT2D eigenvalue weighted by Crippen LogP contribution is 2.29. The molecule has 0 fully saturated rings. The van der Waals surface area contributed by atoms with Crippen LogP contribution in [0.15, 0.2) is 29.3 Å². The molecule has 1 heterocycles. The summed E-state index contributed by atoms with van der Waals surface area (Å²) < 4.78 is 43.3. The van der Waals surface area contributed by atoms with Crippen molar-refractivity contribution in [1.29, 1.82) is 0 Å². The van der Waals surface area contributed by atoms with Crippen molar-refractivity contribution >= 4 is 11.9 Å². The van der Waals surface area contributed by atoms with Crippen LogP contribution in [0.5, 0.6) is 0 Å². The summed E-state index contributed by atoms with van der Waals surface area (Å²) in [7, 11) is 0. The third-order valence-corrected chi connectivity index (χ3v) is 3.06. The molecule has 114 valence electrons. The first-order valence-corrected chi connectivity index (χ1v) is 6.42. The summed E-state index contributed by atoms with van der Waals surface area (Å²) in [4.78, 5) is 14.6. The molecule has 0 aromatic heterocycles. The van der Waals surface area contributed by atoms with E-state index in [2.05, 4.69) is 4.99 Å². The van der Waals surface area contributed by atoms with Gasteiger partial charge in [0.25, 0.3) is 0 Å². The van der Waals surface area contributed by atoms with E-state index in [0.29, 0.717) is 24.4 Å². The number of nitrogens with zero attached hydrogens (tertiary/aromatic N) is 1. The van der Waals surface area contributed by atoms with Gasteiger partial charge >= 0.3 is 12.1 Å². The molecule has 0 saturated carbocycles. The molecule has 1 aromatic carbocycles. The number of carboxylic acid groups (broad SMARTS) is 1. The Morgan fingerprint density at radius 3 is 2.86 bits per heavy atom. The molecule has 0 spiro atoms. The van der Waals surface area contributed by atoms with E-state index in [9.17, 15) is 18.0 Å². The second-order valence-corrected chi connectivity index (χ2v) is 4.78. The van der Waals surface area contributed by atoms with Crippen molar-refractivity contribution in [3.63, 3.8) is 0 Å². The van der Waals surface area contributed by atoms with Gasteiger partial charge in [-0.25, -0.2) is 0 Å². The van der Waals surface area contributed by atoms with Gasteiger partial charge in [0.2, 0.25) is 0 Å². The van der Waals surface area contributed by atoms with E-state index >= 15 is 0 Å². The Kier molecular flexibility index (Phi) is 4.50. The summed E-state index contributed by atoms with van der Waals surface area (Å²) in [5.74, 6) is -0.561. The van der Waals surface area contributed by atoms with Crippen molar-refractivity contribution in [2.24, 2.45) is 4.99 Å². The number of halogens is 3. The zero-order valence-electron chi connectivity index (χ0n) is 11.1. The van der Waals surface area contributed by atoms with Crippen molar-refractivity contribution in [3.05, 3.63) is 35.4 Å². The number of alkyl halides is 3. The number of carboxylic acids is 1. The second-order valence-electron chi connectivity index (χ2n) is 4.78. The van der Waals surface area contributed by atoms with Crippen molar-refractivity contribution in [2.45, 2.75) is 31.5 Å².